The quantitative estimate of drug-likeness (QED) is 0.252. The first-order valence-electron chi connectivity index (χ1n) is 13.9. The molecule has 1 unspecified atom stereocenters. The predicted molar refractivity (Wildman–Crippen MR) is 168 cm³/mol. The second-order valence-corrected chi connectivity index (χ2v) is 12.3. The number of anilines is 2. The van der Waals surface area contributed by atoms with E-state index in [2.05, 4.69) is 16.0 Å². The maximum atomic E-state index is 13.9. The highest BCUT2D eigenvalue weighted by Gasteiger charge is 2.37. The molecular weight excluding hydrogens is 550 g/mol. The predicted octanol–water partition coefficient (Wildman–Crippen LogP) is 4.35. The first kappa shape index (κ1) is 31.1. The van der Waals surface area contributed by atoms with E-state index >= 15 is 0 Å². The van der Waals surface area contributed by atoms with Crippen molar-refractivity contribution in [3.63, 3.8) is 0 Å². The van der Waals surface area contributed by atoms with Gasteiger partial charge in [-0.2, -0.15) is 0 Å². The van der Waals surface area contributed by atoms with Crippen LogP contribution < -0.4 is 26.6 Å². The highest BCUT2D eigenvalue weighted by Crippen LogP contribution is 2.36. The van der Waals surface area contributed by atoms with Crippen LogP contribution in [0.5, 0.6) is 0 Å². The van der Waals surface area contributed by atoms with Crippen molar-refractivity contribution in [1.29, 1.82) is 0 Å². The number of fused-ring (bicyclic) bond motifs is 1. The highest BCUT2D eigenvalue weighted by molar-refractivity contribution is 7.99. The number of nitrogens with zero attached hydrogens (tertiary/aromatic N) is 1. The number of aliphatic hydroxyl groups is 1. The molecular formula is C32H39N5O4S. The summed E-state index contributed by atoms with van der Waals surface area (Å²) in [5.74, 6) is -0.264. The Morgan fingerprint density at radius 2 is 1.74 bits per heavy atom. The van der Waals surface area contributed by atoms with Gasteiger partial charge < -0.3 is 31.7 Å². The molecule has 0 spiro atoms. The van der Waals surface area contributed by atoms with Crippen LogP contribution in [0.4, 0.5) is 16.2 Å². The van der Waals surface area contributed by atoms with Gasteiger partial charge in [-0.15, -0.1) is 11.8 Å². The molecule has 3 atom stereocenters. The summed E-state index contributed by atoms with van der Waals surface area (Å²) < 4.78 is 0. The third-order valence-electron chi connectivity index (χ3n) is 7.40. The van der Waals surface area contributed by atoms with E-state index in [1.807, 2.05) is 86.6 Å². The monoisotopic (exact) mass is 589 g/mol. The molecule has 0 fully saturated rings. The zero-order valence-electron chi connectivity index (χ0n) is 24.4. The molecule has 1 aliphatic heterocycles. The fourth-order valence-electron chi connectivity index (χ4n) is 5.13. The van der Waals surface area contributed by atoms with Crippen molar-refractivity contribution in [1.82, 2.24) is 10.6 Å². The summed E-state index contributed by atoms with van der Waals surface area (Å²) in [5, 5.41) is 18.2. The normalized spacial score (nSPS) is 16.6. The molecule has 3 aromatic rings. The molecule has 1 heterocycles. The number of thioether (sulfide) groups is 1. The summed E-state index contributed by atoms with van der Waals surface area (Å²) in [6.07, 6.45) is -0.250. The molecule has 10 heteroatoms. The minimum Gasteiger partial charge on any atom is -0.393 e. The van der Waals surface area contributed by atoms with Gasteiger partial charge in [-0.3, -0.25) is 9.59 Å². The Labute approximate surface area is 251 Å². The minimum absolute atomic E-state index is 0.217. The number of hydrogen-bond donors (Lipinski definition) is 5. The van der Waals surface area contributed by atoms with E-state index in [9.17, 15) is 19.5 Å². The average Bonchev–Trinajstić information content (AvgIpc) is 3.09. The zero-order valence-corrected chi connectivity index (χ0v) is 25.2. The van der Waals surface area contributed by atoms with E-state index in [0.29, 0.717) is 24.4 Å². The molecule has 4 rings (SSSR count). The number of benzene rings is 3. The van der Waals surface area contributed by atoms with Crippen molar-refractivity contribution in [2.75, 3.05) is 23.0 Å². The van der Waals surface area contributed by atoms with Crippen molar-refractivity contribution in [2.24, 2.45) is 11.1 Å². The van der Waals surface area contributed by atoms with Crippen LogP contribution in [0.2, 0.25) is 0 Å². The third kappa shape index (κ3) is 7.31. The summed E-state index contributed by atoms with van der Waals surface area (Å²) in [6.45, 7) is 5.65. The van der Waals surface area contributed by atoms with Crippen LogP contribution in [-0.4, -0.2) is 53.9 Å². The fraction of sp³-hybridized carbons (Fsp3) is 0.344. The lowest BCUT2D eigenvalue weighted by Crippen LogP contribution is -2.57. The van der Waals surface area contributed by atoms with Gasteiger partial charge in [0.1, 0.15) is 6.04 Å². The molecule has 0 saturated carbocycles. The molecule has 42 heavy (non-hydrogen) atoms. The van der Waals surface area contributed by atoms with Crippen LogP contribution >= 0.6 is 11.8 Å². The number of hydrogen-bond acceptors (Lipinski definition) is 6. The Bertz CT molecular complexity index is 1430. The molecule has 3 aromatic carbocycles. The van der Waals surface area contributed by atoms with Crippen molar-refractivity contribution in [3.05, 3.63) is 78.4 Å². The first-order chi connectivity index (χ1) is 20.0. The van der Waals surface area contributed by atoms with Crippen molar-refractivity contribution < 1.29 is 19.5 Å². The van der Waals surface area contributed by atoms with Crippen LogP contribution in [-0.2, 0) is 16.1 Å². The smallest absolute Gasteiger partial charge is 0.318 e. The number of carbonyl (C=O) groups is 3. The van der Waals surface area contributed by atoms with E-state index in [1.54, 1.807) is 18.9 Å². The summed E-state index contributed by atoms with van der Waals surface area (Å²) in [7, 11) is 1.57. The Balaban J connectivity index is 1.56. The molecule has 4 amide bonds. The van der Waals surface area contributed by atoms with Gasteiger partial charge in [-0.05, 0) is 48.1 Å². The van der Waals surface area contributed by atoms with Gasteiger partial charge in [0.25, 0.3) is 5.91 Å². The lowest BCUT2D eigenvalue weighted by Gasteiger charge is -2.33. The molecule has 9 nitrogen and oxygen atoms in total. The number of nitrogens with one attached hydrogen (secondary N) is 3. The second kappa shape index (κ2) is 13.4. The standard InChI is InChI=1S/C32H39N5O4S/c1-20(38)17-32(2,3)28(33)29(39)35-25-19-42-27-12-8-7-11-26(27)37(30(25)40)18-21-13-15-22(16-14-21)23-9-5-6-10-24(23)36-31(41)34-4/h5-16,20,25,28,38H,17-19,33H2,1-4H3,(H,35,39)(H2,34,36,41)/t20-,25-,28?/m1/s1. The van der Waals surface area contributed by atoms with Gasteiger partial charge in [0.15, 0.2) is 0 Å². The third-order valence-corrected chi connectivity index (χ3v) is 8.55. The Morgan fingerprint density at radius 1 is 1.07 bits per heavy atom. The van der Waals surface area contributed by atoms with E-state index in [-0.39, 0.29) is 11.9 Å². The average molecular weight is 590 g/mol. The lowest BCUT2D eigenvalue weighted by atomic mass is 9.79. The van der Waals surface area contributed by atoms with Gasteiger partial charge in [-0.25, -0.2) is 4.79 Å². The summed E-state index contributed by atoms with van der Waals surface area (Å²) in [4.78, 5) is 41.7. The second-order valence-electron chi connectivity index (χ2n) is 11.2. The molecule has 0 saturated heterocycles. The van der Waals surface area contributed by atoms with Crippen molar-refractivity contribution >= 4 is 41.0 Å². The fourth-order valence-corrected chi connectivity index (χ4v) is 6.20. The number of amides is 4. The SMILES string of the molecule is CNC(=O)Nc1ccccc1-c1ccc(CN2C(=O)[C@H](NC(=O)C(N)C(C)(C)C[C@@H](C)O)CSc3ccccc32)cc1. The molecule has 6 N–H and O–H groups in total. The topological polar surface area (TPSA) is 137 Å². The zero-order chi connectivity index (χ0) is 30.4. The molecule has 1 aliphatic rings. The molecule has 0 radical (unpaired) electrons. The van der Waals surface area contributed by atoms with E-state index < -0.39 is 29.5 Å². The Morgan fingerprint density at radius 3 is 2.43 bits per heavy atom. The van der Waals surface area contributed by atoms with Crippen LogP contribution in [0.3, 0.4) is 0 Å². The number of carbonyl (C=O) groups excluding carboxylic acids is 3. The van der Waals surface area contributed by atoms with E-state index in [4.69, 9.17) is 5.73 Å². The maximum Gasteiger partial charge on any atom is 0.318 e. The number of aliphatic hydroxyl groups excluding tert-OH is 1. The van der Waals surface area contributed by atoms with Gasteiger partial charge in [0.2, 0.25) is 5.91 Å². The van der Waals surface area contributed by atoms with E-state index in [1.165, 1.54) is 11.8 Å². The largest absolute Gasteiger partial charge is 0.393 e. The number of rotatable bonds is 9. The summed E-state index contributed by atoms with van der Waals surface area (Å²) >= 11 is 1.52. The Hall–Kier alpha value is -3.86. The summed E-state index contributed by atoms with van der Waals surface area (Å²) in [6, 6.07) is 21.1. The van der Waals surface area contributed by atoms with Crippen LogP contribution in [0.1, 0.15) is 32.8 Å². The minimum atomic E-state index is -0.891. The maximum absolute atomic E-state index is 13.9. The molecule has 0 aromatic heterocycles. The van der Waals surface area contributed by atoms with Crippen molar-refractivity contribution in [3.8, 4) is 11.1 Å². The molecule has 0 aliphatic carbocycles. The van der Waals surface area contributed by atoms with E-state index in [0.717, 1.165) is 27.3 Å². The van der Waals surface area contributed by atoms with Gasteiger partial charge in [-0.1, -0.05) is 68.4 Å². The molecule has 222 valence electrons. The highest BCUT2D eigenvalue weighted by atomic mass is 32.2. The number of nitrogens with two attached hydrogens (primary N) is 1. The number of urea groups is 1. The molecule has 0 bridgehead atoms. The van der Waals surface area contributed by atoms with Crippen LogP contribution in [0.15, 0.2) is 77.7 Å². The number of para-hydroxylation sites is 2. The first-order valence-corrected chi connectivity index (χ1v) is 14.9. The van der Waals surface area contributed by atoms with Crippen molar-refractivity contribution in [2.45, 2.75) is 56.8 Å². The van der Waals surface area contributed by atoms with Gasteiger partial charge in [0.05, 0.1) is 30.1 Å². The Kier molecular flexibility index (Phi) is 9.93. The summed E-state index contributed by atoms with van der Waals surface area (Å²) in [5.41, 5.74) is 9.83. The van der Waals surface area contributed by atoms with Crippen LogP contribution in [0.25, 0.3) is 11.1 Å². The van der Waals surface area contributed by atoms with Crippen LogP contribution in [0, 0.1) is 5.41 Å². The lowest BCUT2D eigenvalue weighted by molar-refractivity contribution is -0.129. The van der Waals surface area contributed by atoms with Gasteiger partial charge >= 0.3 is 6.03 Å². The van der Waals surface area contributed by atoms with Gasteiger partial charge in [0, 0.05) is 23.3 Å².